The van der Waals surface area contributed by atoms with E-state index in [2.05, 4.69) is 52.4 Å². The van der Waals surface area contributed by atoms with Gasteiger partial charge in [0.2, 0.25) is 0 Å². The third-order valence-electron chi connectivity index (χ3n) is 3.89. The van der Waals surface area contributed by atoms with Gasteiger partial charge in [-0.05, 0) is 63.9 Å². The molecule has 0 saturated carbocycles. The molecule has 0 unspecified atom stereocenters. The predicted molar refractivity (Wildman–Crippen MR) is 104 cm³/mol. The van der Waals surface area contributed by atoms with Gasteiger partial charge in [-0.2, -0.15) is 0 Å². The van der Waals surface area contributed by atoms with Gasteiger partial charge in [0.1, 0.15) is 0 Å². The molecule has 0 radical (unpaired) electrons. The molecule has 0 heterocycles. The Labute approximate surface area is 151 Å². The van der Waals surface area contributed by atoms with E-state index in [9.17, 15) is 4.79 Å². The lowest BCUT2D eigenvalue weighted by atomic mass is 10.0. The van der Waals surface area contributed by atoms with E-state index in [4.69, 9.17) is 0 Å². The molecule has 0 aliphatic rings. The number of nitrogens with zero attached hydrogens (tertiary/aromatic N) is 2. The Kier molecular flexibility index (Phi) is 6.73. The van der Waals surface area contributed by atoms with Crippen molar-refractivity contribution >= 4 is 5.91 Å². The average Bonchev–Trinajstić information content (AvgIpc) is 2.52. The molecule has 0 fully saturated rings. The van der Waals surface area contributed by atoms with Crippen molar-refractivity contribution in [2.45, 2.75) is 26.6 Å². The van der Waals surface area contributed by atoms with E-state index < -0.39 is 0 Å². The van der Waals surface area contributed by atoms with Gasteiger partial charge in [-0.15, -0.1) is 0 Å². The number of amides is 1. The van der Waals surface area contributed by atoms with Crippen LogP contribution in [0.1, 0.15) is 32.6 Å². The Morgan fingerprint density at radius 3 is 1.84 bits per heavy atom. The second kappa shape index (κ2) is 8.79. The molecule has 1 N–H and O–H groups in total. The summed E-state index contributed by atoms with van der Waals surface area (Å²) < 4.78 is 0. The van der Waals surface area contributed by atoms with Gasteiger partial charge in [-0.1, -0.05) is 35.9 Å². The van der Waals surface area contributed by atoms with Gasteiger partial charge in [0.15, 0.2) is 0 Å². The molecular weight excluding hydrogens is 310 g/mol. The quantitative estimate of drug-likeness (QED) is 0.842. The highest BCUT2D eigenvalue weighted by atomic mass is 16.1. The smallest absolute Gasteiger partial charge is 0.251 e. The molecule has 2 aromatic carbocycles. The van der Waals surface area contributed by atoms with E-state index in [1.165, 1.54) is 5.56 Å². The Bertz CT molecular complexity index is 677. The van der Waals surface area contributed by atoms with Crippen LogP contribution in [0.25, 0.3) is 0 Å². The number of rotatable bonds is 7. The number of nitrogens with one attached hydrogen (secondary N) is 1. The zero-order valence-corrected chi connectivity index (χ0v) is 16.0. The highest BCUT2D eigenvalue weighted by molar-refractivity contribution is 5.94. The van der Waals surface area contributed by atoms with Gasteiger partial charge < -0.3 is 15.1 Å². The SMILES string of the molecule is Cc1ccc(CNC(=O)c2cc(CN(C)C)cc(CN(C)C)c2)cc1. The van der Waals surface area contributed by atoms with Crippen LogP contribution in [0, 0.1) is 6.92 Å². The van der Waals surface area contributed by atoms with E-state index in [1.54, 1.807) is 0 Å². The summed E-state index contributed by atoms with van der Waals surface area (Å²) in [5, 5.41) is 3.03. The standard InChI is InChI=1S/C21H29N3O/c1-16-6-8-17(9-7-16)13-22-21(25)20-11-18(14-23(2)3)10-19(12-20)15-24(4)5/h6-12H,13-15H2,1-5H3,(H,22,25). The molecule has 2 rings (SSSR count). The summed E-state index contributed by atoms with van der Waals surface area (Å²) in [6, 6.07) is 14.4. The Morgan fingerprint density at radius 2 is 1.36 bits per heavy atom. The van der Waals surface area contributed by atoms with Gasteiger partial charge >= 0.3 is 0 Å². The average molecular weight is 339 g/mol. The third-order valence-corrected chi connectivity index (χ3v) is 3.89. The molecule has 0 saturated heterocycles. The second-order valence-corrected chi connectivity index (χ2v) is 7.18. The summed E-state index contributed by atoms with van der Waals surface area (Å²) in [4.78, 5) is 16.9. The first kappa shape index (κ1) is 19.2. The molecule has 0 aliphatic heterocycles. The van der Waals surface area contributed by atoms with Gasteiger partial charge in [-0.3, -0.25) is 4.79 Å². The lowest BCUT2D eigenvalue weighted by Gasteiger charge is -2.16. The summed E-state index contributed by atoms with van der Waals surface area (Å²) in [5.41, 5.74) is 5.37. The number of hydrogen-bond donors (Lipinski definition) is 1. The van der Waals surface area contributed by atoms with E-state index in [0.29, 0.717) is 6.54 Å². The van der Waals surface area contributed by atoms with Crippen LogP contribution in [0.2, 0.25) is 0 Å². The fourth-order valence-electron chi connectivity index (χ4n) is 2.80. The van der Waals surface area contributed by atoms with Crippen molar-refractivity contribution in [1.82, 2.24) is 15.1 Å². The number of hydrogen-bond acceptors (Lipinski definition) is 3. The minimum absolute atomic E-state index is 0.0267. The molecule has 4 heteroatoms. The molecule has 0 spiro atoms. The first-order valence-corrected chi connectivity index (χ1v) is 8.59. The topological polar surface area (TPSA) is 35.6 Å². The second-order valence-electron chi connectivity index (χ2n) is 7.18. The molecule has 0 aromatic heterocycles. The van der Waals surface area contributed by atoms with Crippen LogP contribution in [-0.2, 0) is 19.6 Å². The Balaban J connectivity index is 2.14. The minimum atomic E-state index is -0.0267. The molecule has 2 aromatic rings. The summed E-state index contributed by atoms with van der Waals surface area (Å²) in [6.07, 6.45) is 0. The van der Waals surface area contributed by atoms with Gasteiger partial charge in [0.25, 0.3) is 5.91 Å². The van der Waals surface area contributed by atoms with Crippen molar-refractivity contribution in [3.8, 4) is 0 Å². The van der Waals surface area contributed by atoms with Crippen LogP contribution in [0.3, 0.4) is 0 Å². The largest absolute Gasteiger partial charge is 0.348 e. The molecular formula is C21H29N3O. The number of aryl methyl sites for hydroxylation is 1. The monoisotopic (exact) mass is 339 g/mol. The van der Waals surface area contributed by atoms with Crippen LogP contribution < -0.4 is 5.32 Å². The highest BCUT2D eigenvalue weighted by Crippen LogP contribution is 2.14. The fourth-order valence-corrected chi connectivity index (χ4v) is 2.80. The highest BCUT2D eigenvalue weighted by Gasteiger charge is 2.10. The maximum absolute atomic E-state index is 12.6. The van der Waals surface area contributed by atoms with E-state index in [0.717, 1.165) is 35.3 Å². The molecule has 1 amide bonds. The van der Waals surface area contributed by atoms with Gasteiger partial charge in [-0.25, -0.2) is 0 Å². The first-order valence-electron chi connectivity index (χ1n) is 8.59. The summed E-state index contributed by atoms with van der Waals surface area (Å²) in [5.74, 6) is -0.0267. The van der Waals surface area contributed by atoms with Crippen LogP contribution in [-0.4, -0.2) is 43.9 Å². The zero-order chi connectivity index (χ0) is 18.4. The van der Waals surface area contributed by atoms with Crippen LogP contribution in [0.5, 0.6) is 0 Å². The van der Waals surface area contributed by atoms with Crippen molar-refractivity contribution < 1.29 is 4.79 Å². The molecule has 25 heavy (non-hydrogen) atoms. The van der Waals surface area contributed by atoms with Crippen molar-refractivity contribution in [3.63, 3.8) is 0 Å². The zero-order valence-electron chi connectivity index (χ0n) is 16.0. The Morgan fingerprint density at radius 1 is 0.840 bits per heavy atom. The van der Waals surface area contributed by atoms with Crippen LogP contribution in [0.4, 0.5) is 0 Å². The van der Waals surface area contributed by atoms with Crippen LogP contribution in [0.15, 0.2) is 42.5 Å². The first-order chi connectivity index (χ1) is 11.8. The van der Waals surface area contributed by atoms with Crippen molar-refractivity contribution in [2.75, 3.05) is 28.2 Å². The lowest BCUT2D eigenvalue weighted by molar-refractivity contribution is 0.0950. The van der Waals surface area contributed by atoms with Crippen molar-refractivity contribution in [3.05, 3.63) is 70.3 Å². The summed E-state index contributed by atoms with van der Waals surface area (Å²) >= 11 is 0. The molecule has 0 bridgehead atoms. The number of carbonyl (C=O) groups excluding carboxylic acids is 1. The lowest BCUT2D eigenvalue weighted by Crippen LogP contribution is -2.24. The van der Waals surface area contributed by atoms with Crippen molar-refractivity contribution in [1.29, 1.82) is 0 Å². The van der Waals surface area contributed by atoms with E-state index in [-0.39, 0.29) is 5.91 Å². The normalized spacial score (nSPS) is 11.2. The summed E-state index contributed by atoms with van der Waals surface area (Å²) in [7, 11) is 8.15. The Hall–Kier alpha value is -2.17. The van der Waals surface area contributed by atoms with Gasteiger partial charge in [0, 0.05) is 25.2 Å². The number of benzene rings is 2. The van der Waals surface area contributed by atoms with Crippen LogP contribution >= 0.6 is 0 Å². The molecule has 0 aliphatic carbocycles. The minimum Gasteiger partial charge on any atom is -0.348 e. The molecule has 4 nitrogen and oxygen atoms in total. The number of carbonyl (C=O) groups is 1. The van der Waals surface area contributed by atoms with E-state index >= 15 is 0 Å². The summed E-state index contributed by atoms with van der Waals surface area (Å²) in [6.45, 7) is 4.24. The molecule has 0 atom stereocenters. The maximum atomic E-state index is 12.6. The predicted octanol–water partition coefficient (Wildman–Crippen LogP) is 3.05. The fraction of sp³-hybridized carbons (Fsp3) is 0.381. The van der Waals surface area contributed by atoms with E-state index in [1.807, 2.05) is 40.3 Å². The van der Waals surface area contributed by atoms with Gasteiger partial charge in [0.05, 0.1) is 0 Å². The maximum Gasteiger partial charge on any atom is 0.251 e. The third kappa shape index (κ3) is 6.33. The van der Waals surface area contributed by atoms with Crippen molar-refractivity contribution in [2.24, 2.45) is 0 Å². The molecule has 134 valence electrons.